The summed E-state index contributed by atoms with van der Waals surface area (Å²) in [5.41, 5.74) is 2.91. The maximum Gasteiger partial charge on any atom is 0.0721 e. The quantitative estimate of drug-likeness (QED) is 0.916. The Bertz CT molecular complexity index is 472. The summed E-state index contributed by atoms with van der Waals surface area (Å²) in [4.78, 5) is 0. The molecule has 1 aromatic rings. The number of rotatable bonds is 4. The molecule has 3 heteroatoms. The Kier molecular flexibility index (Phi) is 3.85. The van der Waals surface area contributed by atoms with E-state index >= 15 is 0 Å². The molecule has 0 saturated heterocycles. The molecule has 1 N–H and O–H groups in total. The highest BCUT2D eigenvalue weighted by Gasteiger charge is 2.49. The number of fused-ring (bicyclic) bond motifs is 1. The van der Waals surface area contributed by atoms with Crippen LogP contribution in [-0.4, -0.2) is 25.4 Å². The number of hydrogen-bond donors (Lipinski definition) is 1. The second-order valence-corrected chi connectivity index (χ2v) is 6.49. The summed E-state index contributed by atoms with van der Waals surface area (Å²) in [6, 6.07) is 9.40. The lowest BCUT2D eigenvalue weighted by atomic mass is 9.64. The molecule has 110 valence electrons. The van der Waals surface area contributed by atoms with Crippen LogP contribution in [0.5, 0.6) is 0 Å². The first-order valence-electron chi connectivity index (χ1n) is 7.66. The standard InChI is InChI=1S/C17H25NO2/c1-4-20-16-9-15(17(16,2)3)18-14-11-19-10-12-7-5-6-8-13(12)14/h5-8,14-16,18H,4,9-11H2,1-3H3. The van der Waals surface area contributed by atoms with Gasteiger partial charge in [-0.2, -0.15) is 0 Å². The first-order valence-corrected chi connectivity index (χ1v) is 7.66. The van der Waals surface area contributed by atoms with E-state index in [9.17, 15) is 0 Å². The number of hydrogen-bond acceptors (Lipinski definition) is 3. The van der Waals surface area contributed by atoms with Crippen LogP contribution < -0.4 is 5.32 Å². The maximum atomic E-state index is 5.81. The van der Waals surface area contributed by atoms with Gasteiger partial charge in [0.25, 0.3) is 0 Å². The van der Waals surface area contributed by atoms with Gasteiger partial charge in [-0.25, -0.2) is 0 Å². The molecule has 0 aromatic heterocycles. The van der Waals surface area contributed by atoms with Gasteiger partial charge in [0.2, 0.25) is 0 Å². The SMILES string of the molecule is CCOC1CC(NC2COCc3ccccc32)C1(C)C. The predicted molar refractivity (Wildman–Crippen MR) is 79.6 cm³/mol. The summed E-state index contributed by atoms with van der Waals surface area (Å²) in [5.74, 6) is 0. The first-order chi connectivity index (χ1) is 9.63. The highest BCUT2D eigenvalue weighted by Crippen LogP contribution is 2.44. The van der Waals surface area contributed by atoms with Gasteiger partial charge in [0.15, 0.2) is 0 Å². The van der Waals surface area contributed by atoms with Crippen molar-refractivity contribution in [3.63, 3.8) is 0 Å². The summed E-state index contributed by atoms with van der Waals surface area (Å²) in [5, 5.41) is 3.79. The van der Waals surface area contributed by atoms with Gasteiger partial charge in [-0.05, 0) is 24.5 Å². The third kappa shape index (κ3) is 2.39. The lowest BCUT2D eigenvalue weighted by Gasteiger charge is -2.53. The van der Waals surface area contributed by atoms with Crippen LogP contribution in [0.4, 0.5) is 0 Å². The molecule has 0 amide bonds. The topological polar surface area (TPSA) is 30.5 Å². The van der Waals surface area contributed by atoms with E-state index in [0.29, 0.717) is 18.2 Å². The lowest BCUT2D eigenvalue weighted by molar-refractivity contribution is -0.119. The fourth-order valence-electron chi connectivity index (χ4n) is 3.42. The van der Waals surface area contributed by atoms with Crippen molar-refractivity contribution in [2.24, 2.45) is 5.41 Å². The van der Waals surface area contributed by atoms with Crippen molar-refractivity contribution in [2.45, 2.75) is 52.0 Å². The van der Waals surface area contributed by atoms with Crippen LogP contribution in [0.1, 0.15) is 44.4 Å². The first kappa shape index (κ1) is 14.1. The molecule has 3 unspecified atom stereocenters. The van der Waals surface area contributed by atoms with Gasteiger partial charge in [-0.15, -0.1) is 0 Å². The number of nitrogens with one attached hydrogen (secondary N) is 1. The zero-order chi connectivity index (χ0) is 14.2. The van der Waals surface area contributed by atoms with Crippen molar-refractivity contribution >= 4 is 0 Å². The van der Waals surface area contributed by atoms with Crippen LogP contribution in [0.25, 0.3) is 0 Å². The van der Waals surface area contributed by atoms with Crippen LogP contribution >= 0.6 is 0 Å². The molecular formula is C17H25NO2. The van der Waals surface area contributed by atoms with Crippen LogP contribution in [0.2, 0.25) is 0 Å². The molecule has 0 radical (unpaired) electrons. The summed E-state index contributed by atoms with van der Waals surface area (Å²) in [6.07, 6.45) is 1.48. The lowest BCUT2D eigenvalue weighted by Crippen LogP contribution is -2.62. The Labute approximate surface area is 121 Å². The monoisotopic (exact) mass is 275 g/mol. The third-order valence-corrected chi connectivity index (χ3v) is 4.92. The zero-order valence-electron chi connectivity index (χ0n) is 12.7. The normalized spacial score (nSPS) is 31.4. The zero-order valence-corrected chi connectivity index (χ0v) is 12.7. The molecule has 1 aliphatic heterocycles. The van der Waals surface area contributed by atoms with Crippen molar-refractivity contribution in [3.8, 4) is 0 Å². The second-order valence-electron chi connectivity index (χ2n) is 6.49. The van der Waals surface area contributed by atoms with Crippen LogP contribution in [-0.2, 0) is 16.1 Å². The van der Waals surface area contributed by atoms with E-state index in [1.165, 1.54) is 11.1 Å². The van der Waals surface area contributed by atoms with Crippen molar-refractivity contribution < 1.29 is 9.47 Å². The molecule has 3 atom stereocenters. The fraction of sp³-hybridized carbons (Fsp3) is 0.647. The van der Waals surface area contributed by atoms with Crippen LogP contribution in [0.15, 0.2) is 24.3 Å². The van der Waals surface area contributed by atoms with E-state index in [1.807, 2.05) is 0 Å². The van der Waals surface area contributed by atoms with E-state index in [-0.39, 0.29) is 5.41 Å². The second kappa shape index (κ2) is 5.47. The molecule has 1 heterocycles. The van der Waals surface area contributed by atoms with Crippen molar-refractivity contribution in [2.75, 3.05) is 13.2 Å². The van der Waals surface area contributed by atoms with Gasteiger partial charge in [0.05, 0.1) is 25.4 Å². The Hall–Kier alpha value is -0.900. The minimum atomic E-state index is 0.197. The molecule has 0 spiro atoms. The number of benzene rings is 1. The molecule has 1 fully saturated rings. The minimum Gasteiger partial charge on any atom is -0.378 e. The van der Waals surface area contributed by atoms with Crippen molar-refractivity contribution in [3.05, 3.63) is 35.4 Å². The molecule has 1 saturated carbocycles. The molecule has 3 nitrogen and oxygen atoms in total. The number of ether oxygens (including phenoxy) is 2. The fourth-order valence-corrected chi connectivity index (χ4v) is 3.42. The summed E-state index contributed by atoms with van der Waals surface area (Å²) in [7, 11) is 0. The molecule has 0 bridgehead atoms. The smallest absolute Gasteiger partial charge is 0.0721 e. The molecule has 3 rings (SSSR count). The summed E-state index contributed by atoms with van der Waals surface area (Å²) >= 11 is 0. The van der Waals surface area contributed by atoms with Gasteiger partial charge < -0.3 is 14.8 Å². The van der Waals surface area contributed by atoms with E-state index in [4.69, 9.17) is 9.47 Å². The van der Waals surface area contributed by atoms with Crippen LogP contribution in [0, 0.1) is 5.41 Å². The summed E-state index contributed by atoms with van der Waals surface area (Å²) < 4.78 is 11.5. The molecule has 1 aliphatic carbocycles. The van der Waals surface area contributed by atoms with Gasteiger partial charge in [-0.1, -0.05) is 38.1 Å². The third-order valence-electron chi connectivity index (χ3n) is 4.92. The minimum absolute atomic E-state index is 0.197. The summed E-state index contributed by atoms with van der Waals surface area (Å²) in [6.45, 7) is 8.97. The highest BCUT2D eigenvalue weighted by atomic mass is 16.5. The van der Waals surface area contributed by atoms with E-state index < -0.39 is 0 Å². The van der Waals surface area contributed by atoms with Gasteiger partial charge in [-0.3, -0.25) is 0 Å². The maximum absolute atomic E-state index is 5.81. The van der Waals surface area contributed by atoms with Gasteiger partial charge in [0.1, 0.15) is 0 Å². The van der Waals surface area contributed by atoms with Crippen molar-refractivity contribution in [1.29, 1.82) is 0 Å². The molecular weight excluding hydrogens is 250 g/mol. The van der Waals surface area contributed by atoms with Crippen LogP contribution in [0.3, 0.4) is 0 Å². The predicted octanol–water partition coefficient (Wildman–Crippen LogP) is 3.05. The molecule has 2 aliphatic rings. The Morgan fingerprint density at radius 3 is 2.90 bits per heavy atom. The van der Waals surface area contributed by atoms with E-state index in [2.05, 4.69) is 50.4 Å². The Morgan fingerprint density at radius 1 is 1.35 bits per heavy atom. The Balaban J connectivity index is 1.68. The average molecular weight is 275 g/mol. The Morgan fingerprint density at radius 2 is 2.15 bits per heavy atom. The molecule has 1 aromatic carbocycles. The van der Waals surface area contributed by atoms with E-state index in [0.717, 1.165) is 26.2 Å². The highest BCUT2D eigenvalue weighted by molar-refractivity contribution is 5.31. The van der Waals surface area contributed by atoms with Gasteiger partial charge >= 0.3 is 0 Å². The average Bonchev–Trinajstić information content (AvgIpc) is 2.46. The van der Waals surface area contributed by atoms with Gasteiger partial charge in [0, 0.05) is 18.1 Å². The molecule has 20 heavy (non-hydrogen) atoms. The van der Waals surface area contributed by atoms with Crippen molar-refractivity contribution in [1.82, 2.24) is 5.32 Å². The largest absolute Gasteiger partial charge is 0.378 e. The van der Waals surface area contributed by atoms with E-state index in [1.54, 1.807) is 0 Å².